The Hall–Kier alpha value is -2.12. The number of sulfonamides is 1. The van der Waals surface area contributed by atoms with Gasteiger partial charge in [0, 0.05) is 15.6 Å². The summed E-state index contributed by atoms with van der Waals surface area (Å²) < 4.78 is 27.2. The van der Waals surface area contributed by atoms with Crippen LogP contribution in [-0.4, -0.2) is 19.3 Å². The van der Waals surface area contributed by atoms with E-state index in [1.165, 1.54) is 18.2 Å². The van der Waals surface area contributed by atoms with Crippen LogP contribution in [0.5, 0.6) is 0 Å². The van der Waals surface area contributed by atoms with Gasteiger partial charge >= 0.3 is 0 Å². The molecule has 0 bridgehead atoms. The van der Waals surface area contributed by atoms with Gasteiger partial charge in [-0.05, 0) is 18.2 Å². The SMILES string of the molecule is O=C1/C(=C(\O)c2ccccc2Br)NS(=O)(=O)c2ccccc21. The van der Waals surface area contributed by atoms with Crippen LogP contribution in [0.25, 0.3) is 5.76 Å². The molecule has 1 aliphatic heterocycles. The summed E-state index contributed by atoms with van der Waals surface area (Å²) in [5, 5.41) is 10.4. The summed E-state index contributed by atoms with van der Waals surface area (Å²) in [6.07, 6.45) is 0. The summed E-state index contributed by atoms with van der Waals surface area (Å²) in [6, 6.07) is 12.6. The van der Waals surface area contributed by atoms with Crippen molar-refractivity contribution in [3.8, 4) is 0 Å². The molecule has 0 spiro atoms. The van der Waals surface area contributed by atoms with Crippen molar-refractivity contribution in [1.82, 2.24) is 4.72 Å². The number of carbonyl (C=O) groups is 1. The molecule has 0 unspecified atom stereocenters. The van der Waals surface area contributed by atoms with Crippen LogP contribution in [0.4, 0.5) is 0 Å². The number of carbonyl (C=O) groups excluding carboxylic acids is 1. The number of halogens is 1. The van der Waals surface area contributed by atoms with E-state index in [-0.39, 0.29) is 16.2 Å². The van der Waals surface area contributed by atoms with Crippen molar-refractivity contribution in [2.75, 3.05) is 0 Å². The molecule has 112 valence electrons. The molecule has 22 heavy (non-hydrogen) atoms. The van der Waals surface area contributed by atoms with E-state index < -0.39 is 21.6 Å². The largest absolute Gasteiger partial charge is 0.505 e. The Labute approximate surface area is 135 Å². The van der Waals surface area contributed by atoms with E-state index >= 15 is 0 Å². The first-order valence-corrected chi connectivity index (χ1v) is 8.54. The molecular weight excluding hydrogens is 370 g/mol. The smallest absolute Gasteiger partial charge is 0.262 e. The van der Waals surface area contributed by atoms with Gasteiger partial charge in [-0.1, -0.05) is 46.3 Å². The van der Waals surface area contributed by atoms with Gasteiger partial charge < -0.3 is 5.11 Å². The first-order valence-electron chi connectivity index (χ1n) is 6.26. The van der Waals surface area contributed by atoms with Crippen molar-refractivity contribution in [3.63, 3.8) is 0 Å². The first-order chi connectivity index (χ1) is 10.4. The monoisotopic (exact) mass is 379 g/mol. The Morgan fingerprint density at radius 3 is 2.41 bits per heavy atom. The quantitative estimate of drug-likeness (QED) is 0.589. The lowest BCUT2D eigenvalue weighted by molar-refractivity contribution is 0.102. The van der Waals surface area contributed by atoms with E-state index in [1.54, 1.807) is 30.3 Å². The van der Waals surface area contributed by atoms with Crippen LogP contribution in [-0.2, 0) is 10.0 Å². The van der Waals surface area contributed by atoms with Crippen molar-refractivity contribution < 1.29 is 18.3 Å². The molecule has 3 rings (SSSR count). The predicted molar refractivity (Wildman–Crippen MR) is 84.8 cm³/mol. The summed E-state index contributed by atoms with van der Waals surface area (Å²) in [4.78, 5) is 12.4. The van der Waals surface area contributed by atoms with Gasteiger partial charge in [0.1, 0.15) is 5.70 Å². The molecule has 2 N–H and O–H groups in total. The predicted octanol–water partition coefficient (Wildman–Crippen LogP) is 2.85. The molecule has 2 aromatic rings. The minimum atomic E-state index is -3.89. The number of benzene rings is 2. The van der Waals surface area contributed by atoms with Crippen LogP contribution in [0, 0.1) is 0 Å². The van der Waals surface area contributed by atoms with Crippen molar-refractivity contribution in [2.45, 2.75) is 4.90 Å². The maximum atomic E-state index is 12.5. The van der Waals surface area contributed by atoms with Crippen molar-refractivity contribution in [1.29, 1.82) is 0 Å². The highest BCUT2D eigenvalue weighted by Gasteiger charge is 2.34. The zero-order valence-electron chi connectivity index (χ0n) is 11.1. The fourth-order valence-corrected chi connectivity index (χ4v) is 3.95. The molecular formula is C15H10BrNO4S. The van der Waals surface area contributed by atoms with Crippen LogP contribution in [0.3, 0.4) is 0 Å². The van der Waals surface area contributed by atoms with E-state index in [9.17, 15) is 18.3 Å². The number of aliphatic hydroxyl groups excluding tert-OH is 1. The minimum absolute atomic E-state index is 0.0369. The molecule has 1 aliphatic rings. The van der Waals surface area contributed by atoms with Crippen LogP contribution < -0.4 is 4.72 Å². The van der Waals surface area contributed by atoms with Crippen LogP contribution in [0.1, 0.15) is 15.9 Å². The van der Waals surface area contributed by atoms with Gasteiger partial charge in [0.25, 0.3) is 10.0 Å². The number of fused-ring (bicyclic) bond motifs is 1. The van der Waals surface area contributed by atoms with E-state index in [0.717, 1.165) is 0 Å². The number of ketones is 1. The summed E-state index contributed by atoms with van der Waals surface area (Å²) in [6.45, 7) is 0. The molecule has 0 radical (unpaired) electrons. The summed E-state index contributed by atoms with van der Waals surface area (Å²) in [7, 11) is -3.89. The molecule has 7 heteroatoms. The summed E-state index contributed by atoms with van der Waals surface area (Å²) in [5.74, 6) is -0.991. The lowest BCUT2D eigenvalue weighted by atomic mass is 10.0. The third-order valence-corrected chi connectivity index (χ3v) is 5.35. The number of aliphatic hydroxyl groups is 1. The molecule has 1 heterocycles. The van der Waals surface area contributed by atoms with Gasteiger partial charge in [0.15, 0.2) is 5.76 Å². The van der Waals surface area contributed by atoms with E-state index in [2.05, 4.69) is 20.7 Å². The first kappa shape index (κ1) is 14.8. The normalized spacial score (nSPS) is 18.3. The number of hydrogen-bond acceptors (Lipinski definition) is 4. The number of Topliss-reactive ketones (excluding diaryl/α,β-unsaturated/α-hetero) is 1. The minimum Gasteiger partial charge on any atom is -0.505 e. The number of hydrogen-bond donors (Lipinski definition) is 2. The zero-order chi connectivity index (χ0) is 15.9. The highest BCUT2D eigenvalue weighted by Crippen LogP contribution is 2.30. The lowest BCUT2D eigenvalue weighted by Gasteiger charge is -2.20. The second-order valence-corrected chi connectivity index (χ2v) is 7.14. The summed E-state index contributed by atoms with van der Waals surface area (Å²) in [5.41, 5.74) is 0.00776. The molecule has 0 fully saturated rings. The highest BCUT2D eigenvalue weighted by atomic mass is 79.9. The second-order valence-electron chi connectivity index (χ2n) is 4.63. The van der Waals surface area contributed by atoms with E-state index in [0.29, 0.717) is 10.0 Å². The van der Waals surface area contributed by atoms with Crippen LogP contribution in [0.2, 0.25) is 0 Å². The Morgan fingerprint density at radius 1 is 1.05 bits per heavy atom. The number of rotatable bonds is 1. The zero-order valence-corrected chi connectivity index (χ0v) is 13.5. The van der Waals surface area contributed by atoms with E-state index in [4.69, 9.17) is 0 Å². The van der Waals surface area contributed by atoms with Gasteiger partial charge in [-0.3, -0.25) is 9.52 Å². The average molecular weight is 380 g/mol. The third-order valence-electron chi connectivity index (χ3n) is 3.25. The fourth-order valence-electron chi connectivity index (χ4n) is 2.20. The van der Waals surface area contributed by atoms with Gasteiger partial charge in [0.05, 0.1) is 4.90 Å². The topological polar surface area (TPSA) is 83.5 Å². The standard InChI is InChI=1S/C15H10BrNO4S/c16-11-7-3-1-5-9(11)14(18)13-15(19)10-6-2-4-8-12(10)22(20,21)17-13/h1-8,17-18H/b14-13+. The lowest BCUT2D eigenvalue weighted by Crippen LogP contribution is -2.35. The molecule has 0 atom stereocenters. The second kappa shape index (κ2) is 5.26. The summed E-state index contributed by atoms with van der Waals surface area (Å²) >= 11 is 3.26. The van der Waals surface area contributed by atoms with Crippen molar-refractivity contribution >= 4 is 37.5 Å². The number of nitrogens with one attached hydrogen (secondary N) is 1. The maximum Gasteiger partial charge on any atom is 0.262 e. The van der Waals surface area contributed by atoms with Crippen molar-refractivity contribution in [3.05, 3.63) is 69.8 Å². The molecule has 5 nitrogen and oxygen atoms in total. The van der Waals surface area contributed by atoms with Crippen LogP contribution in [0.15, 0.2) is 63.6 Å². The van der Waals surface area contributed by atoms with Crippen LogP contribution >= 0.6 is 15.9 Å². The average Bonchev–Trinajstić information content (AvgIpc) is 2.51. The number of allylic oxidation sites excluding steroid dienone is 1. The Morgan fingerprint density at radius 2 is 1.68 bits per heavy atom. The van der Waals surface area contributed by atoms with Gasteiger partial charge in [-0.15, -0.1) is 0 Å². The molecule has 2 aromatic carbocycles. The Kier molecular flexibility index (Phi) is 3.54. The fraction of sp³-hybridized carbons (Fsp3) is 0. The Bertz CT molecular complexity index is 919. The molecule has 0 saturated heterocycles. The van der Waals surface area contributed by atoms with E-state index in [1.807, 2.05) is 0 Å². The molecule has 0 saturated carbocycles. The molecule has 0 amide bonds. The third kappa shape index (κ3) is 2.32. The molecule has 0 aromatic heterocycles. The van der Waals surface area contributed by atoms with Gasteiger partial charge in [0.2, 0.25) is 5.78 Å². The maximum absolute atomic E-state index is 12.5. The Balaban J connectivity index is 2.25. The van der Waals surface area contributed by atoms with Gasteiger partial charge in [-0.2, -0.15) is 0 Å². The van der Waals surface area contributed by atoms with Crippen molar-refractivity contribution in [2.24, 2.45) is 0 Å². The highest BCUT2D eigenvalue weighted by molar-refractivity contribution is 9.10. The molecule has 0 aliphatic carbocycles. The van der Waals surface area contributed by atoms with Gasteiger partial charge in [-0.25, -0.2) is 8.42 Å².